The van der Waals surface area contributed by atoms with Crippen molar-refractivity contribution in [3.63, 3.8) is 0 Å². The van der Waals surface area contributed by atoms with Gasteiger partial charge in [-0.25, -0.2) is 13.4 Å². The van der Waals surface area contributed by atoms with Crippen LogP contribution in [0.25, 0.3) is 11.0 Å². The summed E-state index contributed by atoms with van der Waals surface area (Å²) in [6.45, 7) is 6.57. The molecule has 226 valence electrons. The monoisotopic (exact) mass is 667 g/mol. The van der Waals surface area contributed by atoms with Crippen molar-refractivity contribution in [3.05, 3.63) is 52.9 Å². The Kier molecular flexibility index (Phi) is 8.00. The van der Waals surface area contributed by atoms with Gasteiger partial charge in [0.15, 0.2) is 0 Å². The number of halogens is 1. The number of aryl methyl sites for hydroxylation is 1. The summed E-state index contributed by atoms with van der Waals surface area (Å²) in [7, 11) is 0.262. The smallest absolute Gasteiger partial charge is 0.229 e. The van der Waals surface area contributed by atoms with Gasteiger partial charge in [-0.3, -0.25) is 14.7 Å². The van der Waals surface area contributed by atoms with Crippen LogP contribution in [0.4, 0.5) is 34.5 Å². The second kappa shape index (κ2) is 11.7. The Morgan fingerprint density at radius 3 is 2.47 bits per heavy atom. The Morgan fingerprint density at radius 1 is 1.02 bits per heavy atom. The molecule has 6 rings (SSSR count). The van der Waals surface area contributed by atoms with Gasteiger partial charge in [0.1, 0.15) is 17.1 Å². The predicted molar refractivity (Wildman–Crippen MR) is 173 cm³/mol. The Balaban J connectivity index is 1.29. The van der Waals surface area contributed by atoms with E-state index in [1.807, 2.05) is 0 Å². The fourth-order valence-corrected chi connectivity index (χ4v) is 6.94. The maximum Gasteiger partial charge on any atom is 0.229 e. The van der Waals surface area contributed by atoms with E-state index in [4.69, 9.17) is 9.72 Å². The highest BCUT2D eigenvalue weighted by Crippen LogP contribution is 2.40. The van der Waals surface area contributed by atoms with Crippen LogP contribution in [-0.4, -0.2) is 79.8 Å². The fourth-order valence-electron chi connectivity index (χ4n) is 6.07. The minimum absolute atomic E-state index is 0.274. The van der Waals surface area contributed by atoms with Crippen LogP contribution >= 0.6 is 15.9 Å². The molecule has 2 saturated heterocycles. The minimum atomic E-state index is -3.61. The fraction of sp³-hybridized carbons (Fsp3) is 0.379. The lowest BCUT2D eigenvalue weighted by molar-refractivity contribution is 0.387. The van der Waals surface area contributed by atoms with E-state index in [0.29, 0.717) is 50.5 Å². The van der Waals surface area contributed by atoms with Crippen molar-refractivity contribution in [2.75, 3.05) is 66.8 Å². The summed E-state index contributed by atoms with van der Waals surface area (Å²) in [6.07, 6.45) is 6.65. The van der Waals surface area contributed by atoms with Crippen LogP contribution in [0.5, 0.6) is 5.75 Å². The number of likely N-dealkylation sites (tertiary alicyclic amines) is 1. The molecule has 0 radical (unpaired) electrons. The van der Waals surface area contributed by atoms with Crippen LogP contribution in [0.1, 0.15) is 12.5 Å². The summed E-state index contributed by atoms with van der Waals surface area (Å²) in [5, 5.41) is 6.56. The zero-order valence-electron chi connectivity index (χ0n) is 24.4. The van der Waals surface area contributed by atoms with Crippen LogP contribution in [0.2, 0.25) is 0 Å². The Bertz CT molecular complexity index is 1780. The highest BCUT2D eigenvalue weighted by molar-refractivity contribution is 9.10. The number of hydrogen-bond acceptors (Lipinski definition) is 11. The number of fused-ring (bicyclic) bond motifs is 2. The summed E-state index contributed by atoms with van der Waals surface area (Å²) in [5.41, 5.74) is 4.89. The molecule has 0 unspecified atom stereocenters. The van der Waals surface area contributed by atoms with Crippen LogP contribution < -0.4 is 25.0 Å². The number of rotatable bonds is 9. The molecule has 0 spiro atoms. The first-order chi connectivity index (χ1) is 20.6. The van der Waals surface area contributed by atoms with Gasteiger partial charge < -0.3 is 25.2 Å². The second-order valence-corrected chi connectivity index (χ2v) is 13.7. The van der Waals surface area contributed by atoms with Gasteiger partial charge in [0.25, 0.3) is 0 Å². The van der Waals surface area contributed by atoms with Crippen molar-refractivity contribution in [2.45, 2.75) is 13.3 Å². The zero-order valence-corrected chi connectivity index (χ0v) is 26.8. The summed E-state index contributed by atoms with van der Waals surface area (Å²) in [4.78, 5) is 22.7. The Labute approximate surface area is 259 Å². The molecule has 2 aliphatic rings. The first-order valence-electron chi connectivity index (χ1n) is 14.0. The van der Waals surface area contributed by atoms with Gasteiger partial charge in [0, 0.05) is 56.5 Å². The van der Waals surface area contributed by atoms with E-state index < -0.39 is 10.0 Å². The molecule has 4 heterocycles. The van der Waals surface area contributed by atoms with Gasteiger partial charge in [-0.15, -0.1) is 0 Å². The summed E-state index contributed by atoms with van der Waals surface area (Å²) < 4.78 is 33.4. The largest absolute Gasteiger partial charge is 0.494 e. The number of aromatic nitrogens is 4. The second-order valence-electron chi connectivity index (χ2n) is 11.1. The number of ether oxygens (including phenoxy) is 1. The maximum atomic E-state index is 12.2. The maximum absolute atomic E-state index is 12.2. The quantitative estimate of drug-likeness (QED) is 0.231. The van der Waals surface area contributed by atoms with Crippen molar-refractivity contribution in [2.24, 2.45) is 11.8 Å². The molecule has 12 nitrogen and oxygen atoms in total. The van der Waals surface area contributed by atoms with Crippen LogP contribution in [0.3, 0.4) is 0 Å². The summed E-state index contributed by atoms with van der Waals surface area (Å²) in [6, 6.07) is 7.72. The topological polar surface area (TPSA) is 138 Å². The average molecular weight is 669 g/mol. The van der Waals surface area contributed by atoms with Crippen LogP contribution in [-0.2, 0) is 16.4 Å². The van der Waals surface area contributed by atoms with Crippen molar-refractivity contribution < 1.29 is 13.2 Å². The number of nitrogens with one attached hydrogen (secondary N) is 3. The van der Waals surface area contributed by atoms with E-state index in [0.717, 1.165) is 44.5 Å². The summed E-state index contributed by atoms with van der Waals surface area (Å²) in [5.74, 6) is 2.87. The minimum Gasteiger partial charge on any atom is -0.494 e. The molecule has 0 aliphatic carbocycles. The predicted octanol–water partition coefficient (Wildman–Crippen LogP) is 4.61. The molecule has 3 N–H and O–H groups in total. The molecule has 2 atom stereocenters. The lowest BCUT2D eigenvalue weighted by atomic mass is 10.0. The third-order valence-electron chi connectivity index (χ3n) is 7.96. The van der Waals surface area contributed by atoms with Crippen molar-refractivity contribution in [3.8, 4) is 5.75 Å². The normalized spacial score (nSPS) is 18.6. The number of benzene rings is 2. The van der Waals surface area contributed by atoms with Crippen LogP contribution in [0, 0.1) is 11.8 Å². The van der Waals surface area contributed by atoms with E-state index in [-0.39, 0.29) is 5.69 Å². The zero-order chi connectivity index (χ0) is 30.3. The highest BCUT2D eigenvalue weighted by Gasteiger charge is 2.39. The van der Waals surface area contributed by atoms with Gasteiger partial charge in [0.2, 0.25) is 16.0 Å². The molecular formula is C29H34BrN9O3S. The molecule has 43 heavy (non-hydrogen) atoms. The van der Waals surface area contributed by atoms with Gasteiger partial charge >= 0.3 is 0 Å². The van der Waals surface area contributed by atoms with Crippen molar-refractivity contribution in [1.82, 2.24) is 24.8 Å². The number of hydrogen-bond donors (Lipinski definition) is 3. The number of sulfonamides is 1. The molecular weight excluding hydrogens is 634 g/mol. The van der Waals surface area contributed by atoms with E-state index in [1.54, 1.807) is 31.6 Å². The van der Waals surface area contributed by atoms with Gasteiger partial charge in [-0.2, -0.15) is 4.98 Å². The number of nitrogens with zero attached hydrogens (tertiary/aromatic N) is 6. The van der Waals surface area contributed by atoms with E-state index in [9.17, 15) is 8.42 Å². The summed E-state index contributed by atoms with van der Waals surface area (Å²) >= 11 is 3.52. The van der Waals surface area contributed by atoms with Gasteiger partial charge in [-0.1, -0.05) is 6.92 Å². The molecule has 2 fully saturated rings. The van der Waals surface area contributed by atoms with E-state index in [2.05, 4.69) is 82.1 Å². The van der Waals surface area contributed by atoms with Crippen molar-refractivity contribution >= 4 is 71.5 Å². The molecule has 4 aromatic rings. The molecule has 2 aromatic carbocycles. The molecule has 0 saturated carbocycles. The molecule has 0 amide bonds. The SMILES string of the molecule is CCc1cc(Nc2ncc(Br)c(Nc3ccc4nccnc4c3NS(C)(=O)=O)n2)c(OC)cc1N1C[C@H]2CN(C)C[C@H]2C1. The van der Waals surface area contributed by atoms with Gasteiger partial charge in [0.05, 0.1) is 40.4 Å². The average Bonchev–Trinajstić information content (AvgIpc) is 3.52. The lowest BCUT2D eigenvalue weighted by Gasteiger charge is -2.25. The molecule has 2 aliphatic heterocycles. The first-order valence-corrected chi connectivity index (χ1v) is 16.7. The van der Waals surface area contributed by atoms with E-state index >= 15 is 0 Å². The van der Waals surface area contributed by atoms with Crippen LogP contribution in [0.15, 0.2) is 47.3 Å². The number of anilines is 6. The molecule has 14 heteroatoms. The first kappa shape index (κ1) is 29.3. The van der Waals surface area contributed by atoms with E-state index in [1.165, 1.54) is 17.4 Å². The Hall–Kier alpha value is -3.75. The standard InChI is InChI=1S/C29H34BrN9O3S/c1-5-17-10-23(25(42-3)11-24(17)39-15-18-13-38(2)14-19(18)16-39)35-29-33-12-20(30)28(36-29)34-22-7-6-21-26(32-9-8-31-21)27(22)37-43(4,40)41/h6-12,18-19,37H,5,13-16H2,1-4H3,(H2,33,34,35,36)/t18-,19+. The Morgan fingerprint density at radius 2 is 1.77 bits per heavy atom. The third-order valence-corrected chi connectivity index (χ3v) is 9.12. The lowest BCUT2D eigenvalue weighted by Crippen LogP contribution is -2.27. The molecule has 0 bridgehead atoms. The van der Waals surface area contributed by atoms with Gasteiger partial charge in [-0.05, 0) is 65.0 Å². The third kappa shape index (κ3) is 6.17. The molecule has 2 aromatic heterocycles. The van der Waals surface area contributed by atoms with Crippen molar-refractivity contribution in [1.29, 1.82) is 0 Å². The highest BCUT2D eigenvalue weighted by atomic mass is 79.9. The number of methoxy groups -OCH3 is 1.